The molecule has 4 nitrogen and oxygen atoms in total. The molecule has 0 fully saturated rings. The molecule has 0 aliphatic heterocycles. The van der Waals surface area contributed by atoms with Gasteiger partial charge in [0.25, 0.3) is 0 Å². The van der Waals surface area contributed by atoms with Gasteiger partial charge in [0, 0.05) is 24.6 Å². The highest BCUT2D eigenvalue weighted by Gasteiger charge is 2.16. The Labute approximate surface area is 120 Å². The molecular formula is C13H16BrFN4. The number of aryl methyl sites for hydroxylation is 1. The number of aromatic nitrogens is 3. The fourth-order valence-corrected chi connectivity index (χ4v) is 2.34. The topological polar surface area (TPSA) is 56.7 Å². The van der Waals surface area contributed by atoms with Crippen LogP contribution >= 0.6 is 15.9 Å². The standard InChI is InChI=1S/C13H16BrFN4/c1-2-6-19-12(17-8-18-19)7-11(16)9-4-3-5-10(14)13(9)15/h3-5,8,11H,2,6-7,16H2,1H3. The molecule has 6 heteroatoms. The average molecular weight is 327 g/mol. The predicted octanol–water partition coefficient (Wildman–Crippen LogP) is 2.83. The van der Waals surface area contributed by atoms with Crippen molar-refractivity contribution in [3.8, 4) is 0 Å². The molecule has 0 radical (unpaired) electrons. The summed E-state index contributed by atoms with van der Waals surface area (Å²) in [5.74, 6) is 0.477. The summed E-state index contributed by atoms with van der Waals surface area (Å²) in [6.07, 6.45) is 2.94. The summed E-state index contributed by atoms with van der Waals surface area (Å²) < 4.78 is 16.2. The maximum absolute atomic E-state index is 14.0. The van der Waals surface area contributed by atoms with E-state index in [4.69, 9.17) is 5.73 Å². The fourth-order valence-electron chi connectivity index (χ4n) is 1.96. The van der Waals surface area contributed by atoms with Gasteiger partial charge in [-0.15, -0.1) is 0 Å². The quantitative estimate of drug-likeness (QED) is 0.919. The van der Waals surface area contributed by atoms with Crippen molar-refractivity contribution in [3.05, 3.63) is 46.2 Å². The van der Waals surface area contributed by atoms with Crippen molar-refractivity contribution >= 4 is 15.9 Å². The lowest BCUT2D eigenvalue weighted by atomic mass is 10.0. The molecule has 1 aromatic carbocycles. The zero-order valence-corrected chi connectivity index (χ0v) is 12.3. The zero-order valence-electron chi connectivity index (χ0n) is 10.7. The third-order valence-electron chi connectivity index (χ3n) is 2.91. The SMILES string of the molecule is CCCn1ncnc1CC(N)c1cccc(Br)c1F. The number of nitrogens with zero attached hydrogens (tertiary/aromatic N) is 3. The van der Waals surface area contributed by atoms with Crippen molar-refractivity contribution in [3.63, 3.8) is 0 Å². The van der Waals surface area contributed by atoms with Gasteiger partial charge < -0.3 is 5.73 Å². The third-order valence-corrected chi connectivity index (χ3v) is 3.53. The van der Waals surface area contributed by atoms with Crippen LogP contribution in [0.3, 0.4) is 0 Å². The maximum Gasteiger partial charge on any atom is 0.142 e. The van der Waals surface area contributed by atoms with Crippen LogP contribution in [0.4, 0.5) is 4.39 Å². The smallest absolute Gasteiger partial charge is 0.142 e. The van der Waals surface area contributed by atoms with Gasteiger partial charge >= 0.3 is 0 Å². The Hall–Kier alpha value is -1.27. The van der Waals surface area contributed by atoms with Gasteiger partial charge in [-0.3, -0.25) is 4.68 Å². The van der Waals surface area contributed by atoms with E-state index < -0.39 is 6.04 Å². The zero-order chi connectivity index (χ0) is 13.8. The van der Waals surface area contributed by atoms with E-state index in [0.29, 0.717) is 16.5 Å². The Morgan fingerprint density at radius 3 is 3.00 bits per heavy atom. The molecule has 1 heterocycles. The van der Waals surface area contributed by atoms with Gasteiger partial charge in [-0.1, -0.05) is 19.1 Å². The van der Waals surface area contributed by atoms with Gasteiger partial charge in [-0.25, -0.2) is 9.37 Å². The lowest BCUT2D eigenvalue weighted by molar-refractivity contribution is 0.531. The minimum absolute atomic E-state index is 0.309. The van der Waals surface area contributed by atoms with Gasteiger partial charge in [0.2, 0.25) is 0 Å². The van der Waals surface area contributed by atoms with Gasteiger partial charge in [-0.05, 0) is 28.4 Å². The summed E-state index contributed by atoms with van der Waals surface area (Å²) in [4.78, 5) is 4.19. The second-order valence-electron chi connectivity index (χ2n) is 4.35. The number of hydrogen-bond acceptors (Lipinski definition) is 3. The van der Waals surface area contributed by atoms with Crippen LogP contribution in [0.25, 0.3) is 0 Å². The Kier molecular flexibility index (Phi) is 4.66. The molecular weight excluding hydrogens is 311 g/mol. The number of benzene rings is 1. The molecule has 0 amide bonds. The monoisotopic (exact) mass is 326 g/mol. The highest BCUT2D eigenvalue weighted by atomic mass is 79.9. The molecule has 2 N–H and O–H groups in total. The first kappa shape index (κ1) is 14.1. The van der Waals surface area contributed by atoms with Crippen molar-refractivity contribution in [1.82, 2.24) is 14.8 Å². The number of halogens is 2. The minimum Gasteiger partial charge on any atom is -0.323 e. The summed E-state index contributed by atoms with van der Waals surface area (Å²) in [5.41, 5.74) is 6.57. The second kappa shape index (κ2) is 6.25. The summed E-state index contributed by atoms with van der Waals surface area (Å²) >= 11 is 3.17. The molecule has 1 aromatic heterocycles. The van der Waals surface area contributed by atoms with Crippen LogP contribution in [0.5, 0.6) is 0 Å². The normalized spacial score (nSPS) is 12.6. The van der Waals surface area contributed by atoms with Crippen LogP contribution in [-0.4, -0.2) is 14.8 Å². The maximum atomic E-state index is 14.0. The second-order valence-corrected chi connectivity index (χ2v) is 5.21. The molecule has 2 aromatic rings. The third kappa shape index (κ3) is 3.19. The Balaban J connectivity index is 2.18. The van der Waals surface area contributed by atoms with Crippen molar-refractivity contribution < 1.29 is 4.39 Å². The first-order chi connectivity index (χ1) is 9.13. The average Bonchev–Trinajstić information content (AvgIpc) is 2.80. The van der Waals surface area contributed by atoms with Crippen LogP contribution in [0.1, 0.15) is 30.8 Å². The molecule has 0 spiro atoms. The molecule has 1 unspecified atom stereocenters. The van der Waals surface area contributed by atoms with E-state index in [1.807, 2.05) is 4.68 Å². The molecule has 0 aliphatic carbocycles. The van der Waals surface area contributed by atoms with Gasteiger partial charge in [0.1, 0.15) is 18.0 Å². The summed E-state index contributed by atoms with van der Waals surface area (Å²) in [6.45, 7) is 2.86. The fraction of sp³-hybridized carbons (Fsp3) is 0.385. The molecule has 0 aliphatic rings. The Bertz CT molecular complexity index is 555. The first-order valence-electron chi connectivity index (χ1n) is 6.19. The minimum atomic E-state index is -0.433. The van der Waals surface area contributed by atoms with E-state index in [2.05, 4.69) is 32.9 Å². The van der Waals surface area contributed by atoms with Gasteiger partial charge in [0.05, 0.1) is 4.47 Å². The van der Waals surface area contributed by atoms with E-state index >= 15 is 0 Å². The molecule has 102 valence electrons. The summed E-state index contributed by atoms with van der Waals surface area (Å²) in [5, 5.41) is 4.14. The molecule has 0 saturated heterocycles. The lowest BCUT2D eigenvalue weighted by Gasteiger charge is -2.13. The van der Waals surface area contributed by atoms with E-state index in [9.17, 15) is 4.39 Å². The van der Waals surface area contributed by atoms with Crippen LogP contribution in [0.2, 0.25) is 0 Å². The van der Waals surface area contributed by atoms with E-state index in [0.717, 1.165) is 18.8 Å². The highest BCUT2D eigenvalue weighted by Crippen LogP contribution is 2.24. The lowest BCUT2D eigenvalue weighted by Crippen LogP contribution is -2.18. The van der Waals surface area contributed by atoms with E-state index in [1.54, 1.807) is 18.2 Å². The molecule has 2 rings (SSSR count). The molecule has 1 atom stereocenters. The Morgan fingerprint density at radius 2 is 2.26 bits per heavy atom. The van der Waals surface area contributed by atoms with E-state index in [-0.39, 0.29) is 5.82 Å². The molecule has 19 heavy (non-hydrogen) atoms. The number of hydrogen-bond donors (Lipinski definition) is 1. The highest BCUT2D eigenvalue weighted by molar-refractivity contribution is 9.10. The Morgan fingerprint density at radius 1 is 1.47 bits per heavy atom. The van der Waals surface area contributed by atoms with E-state index in [1.165, 1.54) is 6.33 Å². The number of rotatable bonds is 5. The molecule has 0 saturated carbocycles. The van der Waals surface area contributed by atoms with Crippen molar-refractivity contribution in [2.45, 2.75) is 32.4 Å². The van der Waals surface area contributed by atoms with Gasteiger partial charge in [-0.2, -0.15) is 5.10 Å². The first-order valence-corrected chi connectivity index (χ1v) is 6.99. The number of nitrogens with two attached hydrogens (primary N) is 1. The summed E-state index contributed by atoms with van der Waals surface area (Å²) in [7, 11) is 0. The van der Waals surface area contributed by atoms with Crippen LogP contribution in [0, 0.1) is 5.82 Å². The van der Waals surface area contributed by atoms with Crippen molar-refractivity contribution in [1.29, 1.82) is 0 Å². The van der Waals surface area contributed by atoms with Crippen LogP contribution in [-0.2, 0) is 13.0 Å². The molecule has 0 bridgehead atoms. The van der Waals surface area contributed by atoms with Crippen LogP contribution < -0.4 is 5.73 Å². The van der Waals surface area contributed by atoms with Crippen molar-refractivity contribution in [2.75, 3.05) is 0 Å². The van der Waals surface area contributed by atoms with Gasteiger partial charge in [0.15, 0.2) is 0 Å². The predicted molar refractivity (Wildman–Crippen MR) is 75.0 cm³/mol. The van der Waals surface area contributed by atoms with Crippen molar-refractivity contribution in [2.24, 2.45) is 5.73 Å². The largest absolute Gasteiger partial charge is 0.323 e. The summed E-state index contributed by atoms with van der Waals surface area (Å²) in [6, 6.07) is 4.70. The van der Waals surface area contributed by atoms with Crippen LogP contribution in [0.15, 0.2) is 29.0 Å².